The van der Waals surface area contributed by atoms with Gasteiger partial charge in [0.1, 0.15) is 11.6 Å². The number of aromatic nitrogens is 2. The quantitative estimate of drug-likeness (QED) is 0.765. The lowest BCUT2D eigenvalue weighted by atomic mass is 10.2. The van der Waals surface area contributed by atoms with Gasteiger partial charge in [0.15, 0.2) is 0 Å². The number of benzene rings is 1. The third-order valence-electron chi connectivity index (χ3n) is 2.82. The minimum atomic E-state index is -0.292. The molecule has 0 aliphatic rings. The summed E-state index contributed by atoms with van der Waals surface area (Å²) in [4.78, 5) is 12.3. The van der Waals surface area contributed by atoms with Gasteiger partial charge in [-0.25, -0.2) is 0 Å². The van der Waals surface area contributed by atoms with E-state index in [0.717, 1.165) is 15.6 Å². The molecule has 0 saturated heterocycles. The van der Waals surface area contributed by atoms with E-state index < -0.39 is 0 Å². The third kappa shape index (κ3) is 3.06. The number of rotatable bonds is 4. The first kappa shape index (κ1) is 15.1. The molecule has 5 nitrogen and oxygen atoms in total. The Morgan fingerprint density at radius 2 is 2.30 bits per heavy atom. The van der Waals surface area contributed by atoms with E-state index in [1.807, 2.05) is 6.92 Å². The van der Waals surface area contributed by atoms with Crippen molar-refractivity contribution in [3.05, 3.63) is 38.0 Å². The number of aryl methyl sites for hydroxylation is 1. The summed E-state index contributed by atoms with van der Waals surface area (Å²) in [6.07, 6.45) is 2.46. The predicted octanol–water partition coefficient (Wildman–Crippen LogP) is 3.49. The molecule has 0 atom stereocenters. The summed E-state index contributed by atoms with van der Waals surface area (Å²) in [5.74, 6) is 0.780. The first-order chi connectivity index (χ1) is 9.56. The van der Waals surface area contributed by atoms with Crippen LogP contribution in [0.25, 0.3) is 0 Å². The molecule has 0 aliphatic carbocycles. The van der Waals surface area contributed by atoms with Gasteiger partial charge in [0.25, 0.3) is 5.91 Å². The third-order valence-corrected chi connectivity index (χ3v) is 4.35. The molecule has 0 saturated carbocycles. The van der Waals surface area contributed by atoms with Crippen molar-refractivity contribution in [1.29, 1.82) is 0 Å². The Hall–Kier alpha value is -1.28. The molecule has 2 N–H and O–H groups in total. The van der Waals surface area contributed by atoms with E-state index >= 15 is 0 Å². The van der Waals surface area contributed by atoms with Gasteiger partial charge in [0.05, 0.1) is 23.9 Å². The second-order valence-electron chi connectivity index (χ2n) is 4.04. The second kappa shape index (κ2) is 6.45. The van der Waals surface area contributed by atoms with Crippen LogP contribution in [-0.4, -0.2) is 23.2 Å². The van der Waals surface area contributed by atoms with Gasteiger partial charge in [0, 0.05) is 9.13 Å². The van der Waals surface area contributed by atoms with Crippen LogP contribution in [0.5, 0.6) is 5.75 Å². The van der Waals surface area contributed by atoms with E-state index in [0.29, 0.717) is 22.2 Å². The SMILES string of the molecule is CCc1cn[nH]c1NC(=O)c1cc(Cl)c(I)cc1OC. The number of anilines is 1. The molecule has 7 heteroatoms. The molecule has 1 heterocycles. The smallest absolute Gasteiger partial charge is 0.260 e. The zero-order valence-electron chi connectivity index (χ0n) is 11.0. The number of methoxy groups -OCH3 is 1. The predicted molar refractivity (Wildman–Crippen MR) is 86.6 cm³/mol. The Morgan fingerprint density at radius 3 is 2.95 bits per heavy atom. The highest BCUT2D eigenvalue weighted by Gasteiger charge is 2.17. The number of carbonyl (C=O) groups is 1. The van der Waals surface area contributed by atoms with Crippen LogP contribution in [0.4, 0.5) is 5.82 Å². The van der Waals surface area contributed by atoms with Crippen LogP contribution >= 0.6 is 34.2 Å². The van der Waals surface area contributed by atoms with Crippen molar-refractivity contribution in [3.63, 3.8) is 0 Å². The standard InChI is InChI=1S/C13H13ClIN3O2/c1-3-7-6-16-18-12(7)17-13(19)8-4-9(14)10(15)5-11(8)20-2/h4-6H,3H2,1-2H3,(H2,16,17,18,19). The normalized spacial score (nSPS) is 10.4. The van der Waals surface area contributed by atoms with Crippen LogP contribution in [0.3, 0.4) is 0 Å². The van der Waals surface area contributed by atoms with E-state index in [9.17, 15) is 4.79 Å². The molecule has 2 rings (SSSR count). The average Bonchev–Trinajstić information content (AvgIpc) is 2.88. The van der Waals surface area contributed by atoms with Crippen molar-refractivity contribution in [2.75, 3.05) is 12.4 Å². The van der Waals surface area contributed by atoms with Crippen LogP contribution in [0.2, 0.25) is 5.02 Å². The molecule has 0 spiro atoms. The summed E-state index contributed by atoms with van der Waals surface area (Å²) >= 11 is 8.15. The molecule has 2 aromatic rings. The van der Waals surface area contributed by atoms with Gasteiger partial charge in [-0.15, -0.1) is 0 Å². The molecule has 0 aliphatic heterocycles. The summed E-state index contributed by atoms with van der Waals surface area (Å²) in [7, 11) is 1.52. The first-order valence-corrected chi connectivity index (χ1v) is 7.39. The fraction of sp³-hybridized carbons (Fsp3) is 0.231. The van der Waals surface area contributed by atoms with Crippen molar-refractivity contribution < 1.29 is 9.53 Å². The van der Waals surface area contributed by atoms with Gasteiger partial charge in [-0.1, -0.05) is 18.5 Å². The lowest BCUT2D eigenvalue weighted by Gasteiger charge is -2.10. The summed E-state index contributed by atoms with van der Waals surface area (Å²) in [6.45, 7) is 1.99. The molecule has 20 heavy (non-hydrogen) atoms. The Morgan fingerprint density at radius 1 is 1.55 bits per heavy atom. The Kier molecular flexibility index (Phi) is 4.87. The Bertz CT molecular complexity index is 643. The van der Waals surface area contributed by atoms with Crippen molar-refractivity contribution in [1.82, 2.24) is 10.2 Å². The highest BCUT2D eigenvalue weighted by molar-refractivity contribution is 14.1. The van der Waals surface area contributed by atoms with Crippen LogP contribution in [0.15, 0.2) is 18.3 Å². The van der Waals surface area contributed by atoms with Gasteiger partial charge in [0.2, 0.25) is 0 Å². The topological polar surface area (TPSA) is 67.0 Å². The average molecular weight is 406 g/mol. The van der Waals surface area contributed by atoms with Gasteiger partial charge < -0.3 is 10.1 Å². The maximum Gasteiger partial charge on any atom is 0.260 e. The number of nitrogens with one attached hydrogen (secondary N) is 2. The minimum absolute atomic E-state index is 0.292. The molecule has 0 fully saturated rings. The van der Waals surface area contributed by atoms with Gasteiger partial charge in [-0.2, -0.15) is 5.10 Å². The fourth-order valence-electron chi connectivity index (χ4n) is 1.74. The number of nitrogens with zero attached hydrogens (tertiary/aromatic N) is 1. The molecule has 1 aromatic carbocycles. The van der Waals surface area contributed by atoms with Crippen LogP contribution < -0.4 is 10.1 Å². The molecule has 1 aromatic heterocycles. The van der Waals surface area contributed by atoms with E-state index in [4.69, 9.17) is 16.3 Å². The summed E-state index contributed by atoms with van der Waals surface area (Å²) in [5.41, 5.74) is 1.32. The summed E-state index contributed by atoms with van der Waals surface area (Å²) in [6, 6.07) is 3.32. The number of amides is 1. The molecule has 0 unspecified atom stereocenters. The molecular weight excluding hydrogens is 393 g/mol. The Balaban J connectivity index is 2.32. The lowest BCUT2D eigenvalue weighted by Crippen LogP contribution is -2.14. The molecule has 1 amide bonds. The highest BCUT2D eigenvalue weighted by atomic mass is 127. The van der Waals surface area contributed by atoms with E-state index in [2.05, 4.69) is 38.1 Å². The van der Waals surface area contributed by atoms with Crippen molar-refractivity contribution in [3.8, 4) is 5.75 Å². The van der Waals surface area contributed by atoms with Crippen LogP contribution in [0, 0.1) is 3.57 Å². The number of ether oxygens (including phenoxy) is 1. The first-order valence-electron chi connectivity index (χ1n) is 5.93. The van der Waals surface area contributed by atoms with Crippen molar-refractivity contribution in [2.45, 2.75) is 13.3 Å². The molecular formula is C13H13ClIN3O2. The van der Waals surface area contributed by atoms with Crippen molar-refractivity contribution in [2.24, 2.45) is 0 Å². The van der Waals surface area contributed by atoms with Gasteiger partial charge >= 0.3 is 0 Å². The van der Waals surface area contributed by atoms with Crippen molar-refractivity contribution >= 4 is 45.9 Å². The molecule has 0 radical (unpaired) electrons. The number of aromatic amines is 1. The second-order valence-corrected chi connectivity index (χ2v) is 5.61. The Labute approximate surface area is 135 Å². The number of halogens is 2. The zero-order chi connectivity index (χ0) is 14.7. The number of hydrogen-bond acceptors (Lipinski definition) is 3. The van der Waals surface area contributed by atoms with E-state index in [1.54, 1.807) is 18.3 Å². The van der Waals surface area contributed by atoms with Crippen LogP contribution in [-0.2, 0) is 6.42 Å². The zero-order valence-corrected chi connectivity index (χ0v) is 13.9. The largest absolute Gasteiger partial charge is 0.496 e. The molecule has 106 valence electrons. The number of H-pyrrole nitrogens is 1. The lowest BCUT2D eigenvalue weighted by molar-refractivity contribution is 0.102. The number of carbonyl (C=O) groups excluding carboxylic acids is 1. The minimum Gasteiger partial charge on any atom is -0.496 e. The van der Waals surface area contributed by atoms with Gasteiger partial charge in [-0.3, -0.25) is 9.89 Å². The monoisotopic (exact) mass is 405 g/mol. The summed E-state index contributed by atoms with van der Waals surface area (Å²) in [5, 5.41) is 9.97. The maximum atomic E-state index is 12.3. The molecule has 0 bridgehead atoms. The maximum absolute atomic E-state index is 12.3. The number of hydrogen-bond donors (Lipinski definition) is 2. The van der Waals surface area contributed by atoms with Crippen LogP contribution in [0.1, 0.15) is 22.8 Å². The summed E-state index contributed by atoms with van der Waals surface area (Å²) < 4.78 is 6.06. The fourth-order valence-corrected chi connectivity index (χ4v) is 2.35. The van der Waals surface area contributed by atoms with E-state index in [-0.39, 0.29) is 5.91 Å². The highest BCUT2D eigenvalue weighted by Crippen LogP contribution is 2.29. The van der Waals surface area contributed by atoms with Gasteiger partial charge in [-0.05, 0) is 41.1 Å². The van der Waals surface area contributed by atoms with E-state index in [1.165, 1.54) is 7.11 Å².